The van der Waals surface area contributed by atoms with Crippen LogP contribution in [0.15, 0.2) is 42.7 Å². The summed E-state index contributed by atoms with van der Waals surface area (Å²) >= 11 is 0. The zero-order valence-corrected chi connectivity index (χ0v) is 11.5. The average molecular weight is 259 g/mol. The summed E-state index contributed by atoms with van der Waals surface area (Å²) in [5.74, 6) is 0.488. The van der Waals surface area contributed by atoms with Gasteiger partial charge in [-0.05, 0) is 11.5 Å². The summed E-state index contributed by atoms with van der Waals surface area (Å²) in [6.07, 6.45) is 3.90. The number of benzene rings is 1. The van der Waals surface area contributed by atoms with Crippen LogP contribution in [0.2, 0.25) is 0 Å². The van der Waals surface area contributed by atoms with E-state index in [1.54, 1.807) is 7.11 Å². The van der Waals surface area contributed by atoms with Crippen molar-refractivity contribution in [3.8, 4) is 0 Å². The van der Waals surface area contributed by atoms with Gasteiger partial charge in [-0.3, -0.25) is 4.68 Å². The Hall–Kier alpha value is -1.81. The van der Waals surface area contributed by atoms with Gasteiger partial charge in [0, 0.05) is 19.9 Å². The van der Waals surface area contributed by atoms with Crippen LogP contribution in [0, 0.1) is 5.92 Å². The topological polar surface area (TPSA) is 39.1 Å². The molecule has 1 heterocycles. The van der Waals surface area contributed by atoms with Crippen molar-refractivity contribution in [2.75, 3.05) is 25.6 Å². The highest BCUT2D eigenvalue weighted by molar-refractivity contribution is 5.38. The Labute approximate surface area is 114 Å². The van der Waals surface area contributed by atoms with E-state index in [0.29, 0.717) is 5.92 Å². The van der Waals surface area contributed by atoms with Crippen molar-refractivity contribution in [1.82, 2.24) is 9.78 Å². The number of rotatable bonds is 7. The summed E-state index contributed by atoms with van der Waals surface area (Å²) in [5.41, 5.74) is 2.31. The van der Waals surface area contributed by atoms with Crippen molar-refractivity contribution in [2.24, 2.45) is 5.92 Å². The first-order valence-electron chi connectivity index (χ1n) is 6.57. The van der Waals surface area contributed by atoms with Gasteiger partial charge in [0.15, 0.2) is 0 Å². The number of aromatic nitrogens is 2. The Bertz CT molecular complexity index is 481. The first-order valence-corrected chi connectivity index (χ1v) is 6.57. The van der Waals surface area contributed by atoms with Crippen molar-refractivity contribution in [3.05, 3.63) is 48.3 Å². The number of anilines is 1. The zero-order valence-electron chi connectivity index (χ0n) is 11.5. The number of nitrogens with one attached hydrogen (secondary N) is 1. The van der Waals surface area contributed by atoms with Gasteiger partial charge in [0.05, 0.1) is 25.0 Å². The Kier molecular flexibility index (Phi) is 4.98. The Morgan fingerprint density at radius 1 is 1.32 bits per heavy atom. The highest BCUT2D eigenvalue weighted by atomic mass is 16.5. The fraction of sp³-hybridized carbons (Fsp3) is 0.400. The first kappa shape index (κ1) is 13.6. The minimum atomic E-state index is 0.488. The van der Waals surface area contributed by atoms with Crippen LogP contribution in [-0.4, -0.2) is 30.0 Å². The van der Waals surface area contributed by atoms with Crippen molar-refractivity contribution >= 4 is 5.69 Å². The number of methoxy groups -OCH3 is 1. The zero-order chi connectivity index (χ0) is 13.5. The first-order chi connectivity index (χ1) is 9.28. The lowest BCUT2D eigenvalue weighted by molar-refractivity contribution is 0.164. The van der Waals surface area contributed by atoms with Crippen LogP contribution >= 0.6 is 0 Å². The minimum Gasteiger partial charge on any atom is -0.384 e. The molecule has 0 spiro atoms. The quantitative estimate of drug-likeness (QED) is 0.830. The lowest BCUT2D eigenvalue weighted by Gasteiger charge is -2.10. The Balaban J connectivity index is 1.85. The fourth-order valence-electron chi connectivity index (χ4n) is 1.95. The fourth-order valence-corrected chi connectivity index (χ4v) is 1.95. The van der Waals surface area contributed by atoms with Gasteiger partial charge in [0.25, 0.3) is 0 Å². The van der Waals surface area contributed by atoms with Gasteiger partial charge in [-0.25, -0.2) is 0 Å². The molecule has 0 saturated carbocycles. The van der Waals surface area contributed by atoms with Gasteiger partial charge in [0.1, 0.15) is 0 Å². The smallest absolute Gasteiger partial charge is 0.0726 e. The molecule has 1 unspecified atom stereocenters. The molecule has 0 aliphatic carbocycles. The summed E-state index contributed by atoms with van der Waals surface area (Å²) < 4.78 is 7.06. The molecule has 1 N–H and O–H groups in total. The van der Waals surface area contributed by atoms with E-state index in [-0.39, 0.29) is 0 Å². The highest BCUT2D eigenvalue weighted by Gasteiger charge is 2.03. The third kappa shape index (κ3) is 4.41. The van der Waals surface area contributed by atoms with Crippen molar-refractivity contribution in [1.29, 1.82) is 0 Å². The molecule has 0 bridgehead atoms. The maximum absolute atomic E-state index is 5.12. The number of nitrogens with zero attached hydrogens (tertiary/aromatic N) is 2. The third-order valence-corrected chi connectivity index (χ3v) is 2.93. The second-order valence-corrected chi connectivity index (χ2v) is 4.85. The Morgan fingerprint density at radius 2 is 2.11 bits per heavy atom. The molecule has 1 atom stereocenters. The van der Waals surface area contributed by atoms with E-state index in [9.17, 15) is 0 Å². The molecule has 2 rings (SSSR count). The molecule has 0 aliphatic rings. The van der Waals surface area contributed by atoms with Gasteiger partial charge in [-0.15, -0.1) is 0 Å². The van der Waals surface area contributed by atoms with E-state index >= 15 is 0 Å². The molecule has 0 fully saturated rings. The van der Waals surface area contributed by atoms with E-state index in [1.807, 2.05) is 35.3 Å². The highest BCUT2D eigenvalue weighted by Crippen LogP contribution is 2.09. The van der Waals surface area contributed by atoms with E-state index < -0.39 is 0 Å². The van der Waals surface area contributed by atoms with Gasteiger partial charge in [-0.1, -0.05) is 37.3 Å². The molecule has 4 heteroatoms. The van der Waals surface area contributed by atoms with E-state index in [0.717, 1.165) is 25.4 Å². The molecule has 2 aromatic rings. The summed E-state index contributed by atoms with van der Waals surface area (Å²) in [4.78, 5) is 0. The molecule has 4 nitrogen and oxygen atoms in total. The molecule has 1 aromatic heterocycles. The summed E-state index contributed by atoms with van der Waals surface area (Å²) in [7, 11) is 1.73. The predicted molar refractivity (Wildman–Crippen MR) is 77.3 cm³/mol. The maximum Gasteiger partial charge on any atom is 0.0726 e. The van der Waals surface area contributed by atoms with Crippen molar-refractivity contribution < 1.29 is 4.74 Å². The summed E-state index contributed by atoms with van der Waals surface area (Å²) in [6.45, 7) is 4.62. The van der Waals surface area contributed by atoms with Crippen LogP contribution in [-0.2, 0) is 11.3 Å². The van der Waals surface area contributed by atoms with Crippen LogP contribution in [0.4, 0.5) is 5.69 Å². The van der Waals surface area contributed by atoms with Crippen molar-refractivity contribution in [3.63, 3.8) is 0 Å². The van der Waals surface area contributed by atoms with E-state index in [2.05, 4.69) is 29.5 Å². The third-order valence-electron chi connectivity index (χ3n) is 2.93. The van der Waals surface area contributed by atoms with E-state index in [4.69, 9.17) is 4.74 Å². The average Bonchev–Trinajstić information content (AvgIpc) is 2.86. The summed E-state index contributed by atoms with van der Waals surface area (Å²) in [5, 5.41) is 7.73. The van der Waals surface area contributed by atoms with Gasteiger partial charge < -0.3 is 10.1 Å². The predicted octanol–water partition coefficient (Wildman–Crippen LogP) is 2.63. The van der Waals surface area contributed by atoms with Crippen LogP contribution in [0.3, 0.4) is 0 Å². The Morgan fingerprint density at radius 3 is 2.84 bits per heavy atom. The molecular weight excluding hydrogens is 238 g/mol. The number of ether oxygens (including phenoxy) is 1. The van der Waals surface area contributed by atoms with Crippen LogP contribution in [0.1, 0.15) is 12.5 Å². The lowest BCUT2D eigenvalue weighted by Crippen LogP contribution is -2.15. The second-order valence-electron chi connectivity index (χ2n) is 4.85. The molecule has 102 valence electrons. The molecule has 19 heavy (non-hydrogen) atoms. The number of hydrogen-bond acceptors (Lipinski definition) is 3. The second kappa shape index (κ2) is 6.95. The van der Waals surface area contributed by atoms with Crippen LogP contribution in [0.5, 0.6) is 0 Å². The van der Waals surface area contributed by atoms with Gasteiger partial charge in [0.2, 0.25) is 0 Å². The molecule has 0 aliphatic heterocycles. The normalized spacial score (nSPS) is 12.3. The van der Waals surface area contributed by atoms with E-state index in [1.165, 1.54) is 5.56 Å². The molecule has 0 saturated heterocycles. The van der Waals surface area contributed by atoms with Crippen LogP contribution < -0.4 is 5.32 Å². The van der Waals surface area contributed by atoms with Gasteiger partial charge in [-0.2, -0.15) is 5.10 Å². The van der Waals surface area contributed by atoms with Crippen LogP contribution in [0.25, 0.3) is 0 Å². The summed E-state index contributed by atoms with van der Waals surface area (Å²) in [6, 6.07) is 10.3. The molecule has 1 aromatic carbocycles. The molecule has 0 radical (unpaired) electrons. The molecular formula is C15H21N3O. The monoisotopic (exact) mass is 259 g/mol. The minimum absolute atomic E-state index is 0.488. The largest absolute Gasteiger partial charge is 0.384 e. The lowest BCUT2D eigenvalue weighted by atomic mass is 10.2. The SMILES string of the molecule is COCC(C)CNc1cnn(Cc2ccccc2)c1. The van der Waals surface area contributed by atoms with Crippen molar-refractivity contribution in [2.45, 2.75) is 13.5 Å². The standard InChI is InChI=1S/C15H21N3O/c1-13(12-19-2)8-16-15-9-17-18(11-15)10-14-6-4-3-5-7-14/h3-7,9,11,13,16H,8,10,12H2,1-2H3. The van der Waals surface area contributed by atoms with Gasteiger partial charge >= 0.3 is 0 Å². The maximum atomic E-state index is 5.12. The molecule has 0 amide bonds. The number of hydrogen-bond donors (Lipinski definition) is 1.